The molecule has 0 saturated carbocycles. The number of rotatable bonds is 4. The summed E-state index contributed by atoms with van der Waals surface area (Å²) in [7, 11) is 0. The molecule has 0 aromatic carbocycles. The number of hydrogen-bond acceptors (Lipinski definition) is 5. The van der Waals surface area contributed by atoms with Crippen molar-refractivity contribution in [3.63, 3.8) is 0 Å². The molecule has 7 heteroatoms. The summed E-state index contributed by atoms with van der Waals surface area (Å²) in [5.41, 5.74) is 0. The maximum Gasteiger partial charge on any atom is 0.306 e. The number of aliphatic carboxylic acids is 1. The van der Waals surface area contributed by atoms with Crippen LogP contribution in [0.1, 0.15) is 18.3 Å². The summed E-state index contributed by atoms with van der Waals surface area (Å²) in [4.78, 5) is 17.8. The van der Waals surface area contributed by atoms with Crippen LogP contribution in [0.4, 0.5) is 0 Å². The third kappa shape index (κ3) is 3.54. The highest BCUT2D eigenvalue weighted by molar-refractivity contribution is 9.10. The molecular formula is C8H9BrN2O4. The standard InChI is InChI=1S/C8H9BrN2O4/c9-4-2-10-8(11-3-4)7(15)5(12)1-6(13)14/h2-3,5,7,12,15H,1H2,(H,13,14). The fraction of sp³-hybridized carbons (Fsp3) is 0.375. The van der Waals surface area contributed by atoms with Gasteiger partial charge in [0.1, 0.15) is 6.10 Å². The van der Waals surface area contributed by atoms with Crippen LogP contribution in [0.15, 0.2) is 16.9 Å². The van der Waals surface area contributed by atoms with Gasteiger partial charge >= 0.3 is 5.97 Å². The number of aliphatic hydroxyl groups excluding tert-OH is 2. The first-order chi connectivity index (χ1) is 7.00. The van der Waals surface area contributed by atoms with E-state index in [1.165, 1.54) is 12.4 Å². The van der Waals surface area contributed by atoms with Crippen molar-refractivity contribution in [1.29, 1.82) is 0 Å². The van der Waals surface area contributed by atoms with E-state index in [2.05, 4.69) is 25.9 Å². The molecule has 1 aromatic heterocycles. The smallest absolute Gasteiger partial charge is 0.306 e. The van der Waals surface area contributed by atoms with Crippen LogP contribution in [0.25, 0.3) is 0 Å². The van der Waals surface area contributed by atoms with E-state index >= 15 is 0 Å². The monoisotopic (exact) mass is 276 g/mol. The SMILES string of the molecule is O=C(O)CC(O)C(O)c1ncc(Br)cn1. The molecule has 0 aliphatic carbocycles. The fourth-order valence-corrected chi connectivity index (χ4v) is 1.14. The van der Waals surface area contributed by atoms with Gasteiger partial charge < -0.3 is 15.3 Å². The number of halogens is 1. The lowest BCUT2D eigenvalue weighted by molar-refractivity contribution is -0.141. The lowest BCUT2D eigenvalue weighted by Crippen LogP contribution is -2.23. The Bertz CT molecular complexity index is 343. The van der Waals surface area contributed by atoms with Gasteiger partial charge in [0.2, 0.25) is 0 Å². The van der Waals surface area contributed by atoms with Gasteiger partial charge in [0, 0.05) is 12.4 Å². The number of aliphatic hydroxyl groups is 2. The molecule has 82 valence electrons. The molecule has 0 bridgehead atoms. The second-order valence-electron chi connectivity index (χ2n) is 2.87. The molecule has 15 heavy (non-hydrogen) atoms. The predicted molar refractivity (Wildman–Crippen MR) is 53.0 cm³/mol. The van der Waals surface area contributed by atoms with Gasteiger partial charge in [-0.3, -0.25) is 4.79 Å². The van der Waals surface area contributed by atoms with Gasteiger partial charge in [-0.25, -0.2) is 9.97 Å². The molecule has 0 amide bonds. The Morgan fingerprint density at radius 2 is 1.93 bits per heavy atom. The average molecular weight is 277 g/mol. The lowest BCUT2D eigenvalue weighted by atomic mass is 10.1. The molecule has 0 aliphatic heterocycles. The summed E-state index contributed by atoms with van der Waals surface area (Å²) >= 11 is 3.11. The summed E-state index contributed by atoms with van der Waals surface area (Å²) in [5, 5.41) is 27.2. The van der Waals surface area contributed by atoms with Gasteiger partial charge in [0.05, 0.1) is 17.0 Å². The zero-order valence-electron chi connectivity index (χ0n) is 7.54. The Labute approximate surface area is 93.7 Å². The van der Waals surface area contributed by atoms with Gasteiger partial charge in [-0.05, 0) is 15.9 Å². The number of aromatic nitrogens is 2. The number of carboxylic acids is 1. The maximum atomic E-state index is 10.3. The summed E-state index contributed by atoms with van der Waals surface area (Å²) < 4.78 is 0.631. The number of hydrogen-bond donors (Lipinski definition) is 3. The van der Waals surface area contributed by atoms with Gasteiger partial charge in [-0.2, -0.15) is 0 Å². The third-order valence-electron chi connectivity index (χ3n) is 1.65. The highest BCUT2D eigenvalue weighted by Crippen LogP contribution is 2.16. The zero-order chi connectivity index (χ0) is 11.4. The normalized spacial score (nSPS) is 14.6. The second kappa shape index (κ2) is 5.15. The van der Waals surface area contributed by atoms with Crippen LogP contribution in [0.3, 0.4) is 0 Å². The topological polar surface area (TPSA) is 104 Å². The van der Waals surface area contributed by atoms with E-state index in [9.17, 15) is 15.0 Å². The zero-order valence-corrected chi connectivity index (χ0v) is 9.12. The highest BCUT2D eigenvalue weighted by atomic mass is 79.9. The van der Waals surface area contributed by atoms with Crippen molar-refractivity contribution in [3.05, 3.63) is 22.7 Å². The lowest BCUT2D eigenvalue weighted by Gasteiger charge is -2.14. The van der Waals surface area contributed by atoms with E-state index in [1.807, 2.05) is 0 Å². The minimum Gasteiger partial charge on any atom is -0.481 e. The van der Waals surface area contributed by atoms with Crippen molar-refractivity contribution in [3.8, 4) is 0 Å². The summed E-state index contributed by atoms with van der Waals surface area (Å²) in [6.07, 6.45) is -0.559. The van der Waals surface area contributed by atoms with E-state index < -0.39 is 24.6 Å². The van der Waals surface area contributed by atoms with E-state index in [-0.39, 0.29) is 5.82 Å². The molecule has 0 saturated heterocycles. The Kier molecular flexibility index (Phi) is 4.13. The molecule has 1 rings (SSSR count). The summed E-state index contributed by atoms with van der Waals surface area (Å²) in [6.45, 7) is 0. The quantitative estimate of drug-likeness (QED) is 0.721. The first-order valence-electron chi connectivity index (χ1n) is 4.06. The molecule has 0 aliphatic rings. The van der Waals surface area contributed by atoms with E-state index in [1.54, 1.807) is 0 Å². The maximum absolute atomic E-state index is 10.3. The van der Waals surface area contributed by atoms with E-state index in [0.717, 1.165) is 0 Å². The second-order valence-corrected chi connectivity index (χ2v) is 3.79. The number of carbonyl (C=O) groups is 1. The molecule has 6 nitrogen and oxygen atoms in total. The predicted octanol–water partition coefficient (Wildman–Crippen LogP) is 0.108. The summed E-state index contributed by atoms with van der Waals surface area (Å²) in [6, 6.07) is 0. The molecule has 2 unspecified atom stereocenters. The van der Waals surface area contributed by atoms with Crippen LogP contribution >= 0.6 is 15.9 Å². The average Bonchev–Trinajstić information content (AvgIpc) is 2.17. The molecule has 2 atom stereocenters. The van der Waals surface area contributed by atoms with Crippen LogP contribution in [-0.2, 0) is 4.79 Å². The first kappa shape index (κ1) is 12.0. The molecule has 1 aromatic rings. The van der Waals surface area contributed by atoms with Crippen LogP contribution in [0.5, 0.6) is 0 Å². The molecule has 0 fully saturated rings. The molecule has 0 radical (unpaired) electrons. The number of nitrogens with zero attached hydrogens (tertiary/aromatic N) is 2. The molecular weight excluding hydrogens is 268 g/mol. The number of carboxylic acid groups (broad SMARTS) is 1. The van der Waals surface area contributed by atoms with Crippen molar-refractivity contribution in [1.82, 2.24) is 9.97 Å². The van der Waals surface area contributed by atoms with Crippen LogP contribution < -0.4 is 0 Å². The van der Waals surface area contributed by atoms with Crippen molar-refractivity contribution in [2.45, 2.75) is 18.6 Å². The van der Waals surface area contributed by atoms with Crippen molar-refractivity contribution < 1.29 is 20.1 Å². The van der Waals surface area contributed by atoms with Crippen LogP contribution in [0, 0.1) is 0 Å². The van der Waals surface area contributed by atoms with Gasteiger partial charge in [0.15, 0.2) is 5.82 Å². The molecule has 1 heterocycles. The Morgan fingerprint density at radius 3 is 2.40 bits per heavy atom. The fourth-order valence-electron chi connectivity index (χ4n) is 0.938. The van der Waals surface area contributed by atoms with Crippen LogP contribution in [-0.4, -0.2) is 37.4 Å². The third-order valence-corrected chi connectivity index (χ3v) is 2.06. The minimum atomic E-state index is -1.41. The Balaban J connectivity index is 2.71. The van der Waals surface area contributed by atoms with Gasteiger partial charge in [-0.15, -0.1) is 0 Å². The largest absolute Gasteiger partial charge is 0.481 e. The van der Waals surface area contributed by atoms with Gasteiger partial charge in [0.25, 0.3) is 0 Å². The highest BCUT2D eigenvalue weighted by Gasteiger charge is 2.23. The molecule has 3 N–H and O–H groups in total. The molecule has 0 spiro atoms. The summed E-state index contributed by atoms with van der Waals surface area (Å²) in [5.74, 6) is -1.20. The van der Waals surface area contributed by atoms with Crippen molar-refractivity contribution in [2.75, 3.05) is 0 Å². The van der Waals surface area contributed by atoms with Crippen molar-refractivity contribution >= 4 is 21.9 Å². The Morgan fingerprint density at radius 1 is 1.40 bits per heavy atom. The minimum absolute atomic E-state index is 0.00745. The van der Waals surface area contributed by atoms with E-state index in [0.29, 0.717) is 4.47 Å². The first-order valence-corrected chi connectivity index (χ1v) is 4.85. The van der Waals surface area contributed by atoms with Crippen molar-refractivity contribution in [2.24, 2.45) is 0 Å². The Hall–Kier alpha value is -1.05. The van der Waals surface area contributed by atoms with Crippen LogP contribution in [0.2, 0.25) is 0 Å². The van der Waals surface area contributed by atoms with Gasteiger partial charge in [-0.1, -0.05) is 0 Å². The van der Waals surface area contributed by atoms with E-state index in [4.69, 9.17) is 5.11 Å².